The van der Waals surface area contributed by atoms with E-state index in [1.165, 1.54) is 0 Å². The van der Waals surface area contributed by atoms with Crippen LogP contribution in [0.5, 0.6) is 0 Å². The van der Waals surface area contributed by atoms with Crippen molar-refractivity contribution in [3.05, 3.63) is 0 Å². The van der Waals surface area contributed by atoms with Gasteiger partial charge in [0.1, 0.15) is 0 Å². The zero-order chi connectivity index (χ0) is 13.5. The number of anilines is 3. The van der Waals surface area contributed by atoms with Crippen LogP contribution in [0, 0.1) is 5.41 Å². The smallest absolute Gasteiger partial charge is 0.231 e. The number of hydrogen-bond acceptors (Lipinski definition) is 7. The maximum absolute atomic E-state index is 9.70. The maximum Gasteiger partial charge on any atom is 0.231 e. The lowest BCUT2D eigenvalue weighted by Crippen LogP contribution is -2.57. The van der Waals surface area contributed by atoms with Gasteiger partial charge in [-0.1, -0.05) is 13.8 Å². The molecule has 0 radical (unpaired) electrons. The van der Waals surface area contributed by atoms with Crippen LogP contribution in [0.4, 0.5) is 17.8 Å². The Balaban J connectivity index is 2.15. The van der Waals surface area contributed by atoms with Gasteiger partial charge in [-0.15, -0.1) is 0 Å². The standard InChI is InChI=1S/C11H20N6O/c1-11(2)6(5-7(11)18)13-9-14-8(12)15-10(16-9)17(3)4/h6-7,18H,5H2,1-4H3,(H3,12,13,14,15,16). The molecule has 0 aromatic carbocycles. The lowest BCUT2D eigenvalue weighted by atomic mass is 9.65. The molecule has 2 rings (SSSR count). The molecule has 100 valence electrons. The highest BCUT2D eigenvalue weighted by Crippen LogP contribution is 2.41. The summed E-state index contributed by atoms with van der Waals surface area (Å²) in [4.78, 5) is 14.1. The van der Waals surface area contributed by atoms with Gasteiger partial charge in [-0.3, -0.25) is 0 Å². The van der Waals surface area contributed by atoms with Gasteiger partial charge in [0.15, 0.2) is 0 Å². The van der Waals surface area contributed by atoms with E-state index in [-0.39, 0.29) is 23.5 Å². The first-order valence-electron chi connectivity index (χ1n) is 5.94. The number of nitrogen functional groups attached to an aromatic ring is 1. The summed E-state index contributed by atoms with van der Waals surface area (Å²) < 4.78 is 0. The molecule has 1 heterocycles. The molecule has 0 amide bonds. The molecule has 2 unspecified atom stereocenters. The molecule has 0 bridgehead atoms. The summed E-state index contributed by atoms with van der Waals surface area (Å²) in [5.41, 5.74) is 5.47. The van der Waals surface area contributed by atoms with Crippen molar-refractivity contribution in [2.45, 2.75) is 32.4 Å². The van der Waals surface area contributed by atoms with Crippen molar-refractivity contribution in [3.63, 3.8) is 0 Å². The Kier molecular flexibility index (Phi) is 3.02. The number of hydrogen-bond donors (Lipinski definition) is 3. The van der Waals surface area contributed by atoms with E-state index in [1.54, 1.807) is 4.90 Å². The van der Waals surface area contributed by atoms with Gasteiger partial charge in [-0.05, 0) is 6.42 Å². The van der Waals surface area contributed by atoms with Crippen LogP contribution in [0.15, 0.2) is 0 Å². The van der Waals surface area contributed by atoms with E-state index in [2.05, 4.69) is 20.3 Å². The predicted molar refractivity (Wildman–Crippen MR) is 70.4 cm³/mol. The first-order valence-corrected chi connectivity index (χ1v) is 5.94. The van der Waals surface area contributed by atoms with Gasteiger partial charge in [-0.25, -0.2) is 0 Å². The minimum Gasteiger partial charge on any atom is -0.392 e. The molecule has 4 N–H and O–H groups in total. The minimum atomic E-state index is -0.289. The van der Waals surface area contributed by atoms with E-state index in [0.717, 1.165) is 0 Å². The Labute approximate surface area is 106 Å². The number of aliphatic hydroxyl groups excluding tert-OH is 1. The summed E-state index contributed by atoms with van der Waals surface area (Å²) >= 11 is 0. The fourth-order valence-corrected chi connectivity index (χ4v) is 1.95. The third-order valence-corrected chi connectivity index (χ3v) is 3.56. The third kappa shape index (κ3) is 2.17. The number of aromatic nitrogens is 3. The molecular weight excluding hydrogens is 232 g/mol. The van der Waals surface area contributed by atoms with Crippen molar-refractivity contribution in [3.8, 4) is 0 Å². The van der Waals surface area contributed by atoms with E-state index < -0.39 is 0 Å². The second-order valence-corrected chi connectivity index (χ2v) is 5.48. The second-order valence-electron chi connectivity index (χ2n) is 5.48. The van der Waals surface area contributed by atoms with Crippen molar-refractivity contribution < 1.29 is 5.11 Å². The number of aliphatic hydroxyl groups is 1. The SMILES string of the molecule is CN(C)c1nc(N)nc(NC2CC(O)C2(C)C)n1. The summed E-state index contributed by atoms with van der Waals surface area (Å²) in [6.07, 6.45) is 0.401. The topological polar surface area (TPSA) is 100 Å². The molecule has 0 spiro atoms. The first kappa shape index (κ1) is 12.8. The monoisotopic (exact) mass is 252 g/mol. The minimum absolute atomic E-state index is 0.143. The van der Waals surface area contributed by atoms with Gasteiger partial charge in [0.2, 0.25) is 17.8 Å². The van der Waals surface area contributed by atoms with Crippen molar-refractivity contribution in [1.29, 1.82) is 0 Å². The van der Waals surface area contributed by atoms with E-state index in [0.29, 0.717) is 18.3 Å². The lowest BCUT2D eigenvalue weighted by Gasteiger charge is -2.49. The van der Waals surface area contributed by atoms with E-state index in [1.807, 2.05) is 27.9 Å². The highest BCUT2D eigenvalue weighted by atomic mass is 16.3. The molecule has 7 heteroatoms. The summed E-state index contributed by atoms with van der Waals surface area (Å²) in [6, 6.07) is 0.143. The van der Waals surface area contributed by atoms with Gasteiger partial charge < -0.3 is 21.1 Å². The molecular formula is C11H20N6O. The molecule has 1 fully saturated rings. The molecule has 1 aromatic rings. The van der Waals surface area contributed by atoms with Crippen LogP contribution in [-0.4, -0.2) is 46.3 Å². The van der Waals surface area contributed by atoms with Crippen molar-refractivity contribution >= 4 is 17.8 Å². The van der Waals surface area contributed by atoms with Crippen molar-refractivity contribution in [1.82, 2.24) is 15.0 Å². The molecule has 1 aliphatic carbocycles. The second kappa shape index (κ2) is 4.24. The Bertz CT molecular complexity index is 447. The van der Waals surface area contributed by atoms with E-state index >= 15 is 0 Å². The van der Waals surface area contributed by atoms with E-state index in [9.17, 15) is 5.11 Å². The fourth-order valence-electron chi connectivity index (χ4n) is 1.95. The summed E-state index contributed by atoms with van der Waals surface area (Å²) in [5.74, 6) is 1.16. The van der Waals surface area contributed by atoms with Crippen LogP contribution >= 0.6 is 0 Å². The van der Waals surface area contributed by atoms with Gasteiger partial charge >= 0.3 is 0 Å². The number of nitrogens with zero attached hydrogens (tertiary/aromatic N) is 4. The molecule has 18 heavy (non-hydrogen) atoms. The molecule has 7 nitrogen and oxygen atoms in total. The summed E-state index contributed by atoms with van der Waals surface area (Å²) in [5, 5.41) is 12.9. The van der Waals surface area contributed by atoms with Crippen LogP contribution < -0.4 is 16.0 Å². The zero-order valence-electron chi connectivity index (χ0n) is 11.2. The molecule has 1 aromatic heterocycles. The average Bonchev–Trinajstić information content (AvgIpc) is 2.28. The Hall–Kier alpha value is -1.63. The molecule has 2 atom stereocenters. The molecule has 0 saturated heterocycles. The highest BCUT2D eigenvalue weighted by molar-refractivity contribution is 5.42. The predicted octanol–water partition coefficient (Wildman–Crippen LogP) is 0.0911. The quantitative estimate of drug-likeness (QED) is 0.701. The van der Waals surface area contributed by atoms with Gasteiger partial charge in [0, 0.05) is 25.6 Å². The van der Waals surface area contributed by atoms with Crippen molar-refractivity contribution in [2.75, 3.05) is 30.0 Å². The van der Waals surface area contributed by atoms with Gasteiger partial charge in [-0.2, -0.15) is 15.0 Å². The number of rotatable bonds is 3. The van der Waals surface area contributed by atoms with Gasteiger partial charge in [0.25, 0.3) is 0 Å². The lowest BCUT2D eigenvalue weighted by molar-refractivity contribution is -0.0512. The Morgan fingerprint density at radius 3 is 2.50 bits per heavy atom. The Morgan fingerprint density at radius 1 is 1.33 bits per heavy atom. The molecule has 1 saturated carbocycles. The van der Waals surface area contributed by atoms with Crippen LogP contribution in [0.2, 0.25) is 0 Å². The molecule has 0 aliphatic heterocycles. The van der Waals surface area contributed by atoms with Gasteiger partial charge in [0.05, 0.1) is 6.10 Å². The van der Waals surface area contributed by atoms with Crippen LogP contribution in [0.25, 0.3) is 0 Å². The highest BCUT2D eigenvalue weighted by Gasteiger charge is 2.47. The van der Waals surface area contributed by atoms with Crippen LogP contribution in [0.1, 0.15) is 20.3 Å². The maximum atomic E-state index is 9.70. The largest absolute Gasteiger partial charge is 0.392 e. The Morgan fingerprint density at radius 2 is 2.00 bits per heavy atom. The fraction of sp³-hybridized carbons (Fsp3) is 0.727. The van der Waals surface area contributed by atoms with Crippen LogP contribution in [0.3, 0.4) is 0 Å². The molecule has 1 aliphatic rings. The number of nitrogens with one attached hydrogen (secondary N) is 1. The first-order chi connectivity index (χ1) is 8.30. The average molecular weight is 252 g/mol. The van der Waals surface area contributed by atoms with E-state index in [4.69, 9.17) is 5.73 Å². The normalized spacial score (nSPS) is 25.4. The zero-order valence-corrected chi connectivity index (χ0v) is 11.2. The van der Waals surface area contributed by atoms with Crippen molar-refractivity contribution in [2.24, 2.45) is 5.41 Å². The number of nitrogens with two attached hydrogens (primary N) is 1. The summed E-state index contributed by atoms with van der Waals surface area (Å²) in [7, 11) is 3.69. The summed E-state index contributed by atoms with van der Waals surface area (Å²) in [6.45, 7) is 4.02. The third-order valence-electron chi connectivity index (χ3n) is 3.56. The van der Waals surface area contributed by atoms with Crippen LogP contribution in [-0.2, 0) is 0 Å².